The largest absolute Gasteiger partial charge is 0.505 e. The van der Waals surface area contributed by atoms with Gasteiger partial charge in [0.1, 0.15) is 11.8 Å². The van der Waals surface area contributed by atoms with Crippen LogP contribution in [-0.2, 0) is 4.79 Å². The number of β-amino-alcohol motifs (C(OH)–C–C–N with tert-alkyl or cyclic N) is 1. The van der Waals surface area contributed by atoms with Gasteiger partial charge in [0, 0.05) is 19.2 Å². The van der Waals surface area contributed by atoms with Crippen molar-refractivity contribution in [2.45, 2.75) is 18.6 Å². The van der Waals surface area contributed by atoms with Crippen molar-refractivity contribution < 1.29 is 24.9 Å². The predicted molar refractivity (Wildman–Crippen MR) is 59.0 cm³/mol. The molecule has 18 heavy (non-hydrogen) atoms. The lowest BCUT2D eigenvalue weighted by Gasteiger charge is -2.20. The fraction of sp³-hybridized carbons (Fsp3) is 0.364. The van der Waals surface area contributed by atoms with Crippen molar-refractivity contribution in [3.8, 4) is 5.75 Å². The van der Waals surface area contributed by atoms with Gasteiger partial charge in [-0.05, 0) is 12.1 Å². The summed E-state index contributed by atoms with van der Waals surface area (Å²) < 4.78 is 0. The number of carbonyl (C=O) groups excluding carboxylic acids is 1. The Bertz CT molecular complexity index is 490. The van der Waals surface area contributed by atoms with E-state index < -0.39 is 24.0 Å². The summed E-state index contributed by atoms with van der Waals surface area (Å²) in [5.74, 6) is -2.19. The number of carbonyl (C=O) groups is 2. The average molecular weight is 252 g/mol. The van der Waals surface area contributed by atoms with E-state index in [1.54, 1.807) is 0 Å². The minimum absolute atomic E-state index is 0.0192. The van der Waals surface area contributed by atoms with Crippen molar-refractivity contribution in [2.24, 2.45) is 0 Å². The number of likely N-dealkylation sites (tertiary alicyclic amines) is 1. The van der Waals surface area contributed by atoms with Gasteiger partial charge in [-0.2, -0.15) is 0 Å². The van der Waals surface area contributed by atoms with E-state index in [0.717, 1.165) is 4.90 Å². The van der Waals surface area contributed by atoms with Crippen LogP contribution in [0.1, 0.15) is 16.9 Å². The van der Waals surface area contributed by atoms with E-state index in [4.69, 9.17) is 5.11 Å². The smallest absolute Gasteiger partial charge is 0.326 e. The number of rotatable bonds is 2. The maximum atomic E-state index is 12.1. The molecule has 0 bridgehead atoms. The maximum absolute atomic E-state index is 12.1. The van der Waals surface area contributed by atoms with E-state index in [-0.39, 0.29) is 24.4 Å². The highest BCUT2D eigenvalue weighted by Crippen LogP contribution is 2.23. The fourth-order valence-electron chi connectivity index (χ4n) is 1.97. The van der Waals surface area contributed by atoms with Crippen LogP contribution in [0.25, 0.3) is 0 Å². The van der Waals surface area contributed by atoms with Crippen molar-refractivity contribution in [3.63, 3.8) is 0 Å². The van der Waals surface area contributed by atoms with Gasteiger partial charge in [0.25, 0.3) is 5.91 Å². The molecule has 1 amide bonds. The second-order valence-electron chi connectivity index (χ2n) is 4.07. The first kappa shape index (κ1) is 12.3. The zero-order valence-electron chi connectivity index (χ0n) is 9.35. The number of aliphatic hydroxyl groups excluding tert-OH is 1. The first-order valence-corrected chi connectivity index (χ1v) is 5.36. The Kier molecular flexibility index (Phi) is 3.15. The van der Waals surface area contributed by atoms with Gasteiger partial charge in [0.05, 0.1) is 6.10 Å². The van der Waals surface area contributed by atoms with Gasteiger partial charge in [0.2, 0.25) is 0 Å². The van der Waals surface area contributed by atoms with E-state index in [1.165, 1.54) is 18.3 Å². The Morgan fingerprint density at radius 3 is 2.78 bits per heavy atom. The Hall–Kier alpha value is -2.15. The molecule has 96 valence electrons. The van der Waals surface area contributed by atoms with E-state index >= 15 is 0 Å². The lowest BCUT2D eigenvalue weighted by molar-refractivity contribution is -0.141. The van der Waals surface area contributed by atoms with E-state index in [2.05, 4.69) is 4.98 Å². The molecule has 2 rings (SSSR count). The van der Waals surface area contributed by atoms with Crippen LogP contribution in [0.5, 0.6) is 5.75 Å². The molecule has 0 aliphatic carbocycles. The number of aliphatic hydroxyl groups is 1. The molecule has 0 spiro atoms. The summed E-state index contributed by atoms with van der Waals surface area (Å²) in [5.41, 5.74) is -0.210. The number of nitrogens with zero attached hydrogens (tertiary/aromatic N) is 2. The molecule has 2 heterocycles. The topological polar surface area (TPSA) is 111 Å². The predicted octanol–water partition coefficient (Wildman–Crippen LogP) is -0.553. The van der Waals surface area contributed by atoms with Gasteiger partial charge < -0.3 is 20.2 Å². The van der Waals surface area contributed by atoms with Crippen LogP contribution in [0, 0.1) is 0 Å². The quantitative estimate of drug-likeness (QED) is 0.651. The van der Waals surface area contributed by atoms with Crippen molar-refractivity contribution in [1.29, 1.82) is 0 Å². The average Bonchev–Trinajstić information content (AvgIpc) is 2.71. The van der Waals surface area contributed by atoms with Gasteiger partial charge in [-0.25, -0.2) is 9.78 Å². The van der Waals surface area contributed by atoms with Crippen LogP contribution >= 0.6 is 0 Å². The molecule has 0 unspecified atom stereocenters. The number of aliphatic carboxylic acids is 1. The number of aromatic hydroxyl groups is 1. The molecule has 1 saturated heterocycles. The third-order valence-corrected chi connectivity index (χ3v) is 2.81. The minimum Gasteiger partial charge on any atom is -0.505 e. The molecule has 0 aromatic carbocycles. The van der Waals surface area contributed by atoms with Crippen molar-refractivity contribution in [1.82, 2.24) is 9.88 Å². The number of hydrogen-bond acceptors (Lipinski definition) is 5. The molecule has 7 nitrogen and oxygen atoms in total. The Labute approximate surface area is 102 Å². The monoisotopic (exact) mass is 252 g/mol. The van der Waals surface area contributed by atoms with Crippen LogP contribution in [0.3, 0.4) is 0 Å². The van der Waals surface area contributed by atoms with Crippen LogP contribution in [-0.4, -0.2) is 55.8 Å². The van der Waals surface area contributed by atoms with Crippen molar-refractivity contribution in [3.05, 3.63) is 24.0 Å². The molecule has 3 N–H and O–H groups in total. The first-order valence-electron chi connectivity index (χ1n) is 5.36. The van der Waals surface area contributed by atoms with Gasteiger partial charge in [-0.3, -0.25) is 4.79 Å². The number of carboxylic acid groups (broad SMARTS) is 1. The van der Waals surface area contributed by atoms with E-state index in [0.29, 0.717) is 0 Å². The maximum Gasteiger partial charge on any atom is 0.326 e. The molecule has 1 fully saturated rings. The molecular weight excluding hydrogens is 240 g/mol. The molecule has 1 aliphatic rings. The Balaban J connectivity index is 2.28. The Morgan fingerprint density at radius 1 is 1.44 bits per heavy atom. The number of hydrogen-bond donors (Lipinski definition) is 3. The SMILES string of the molecule is O=C(O)[C@@H]1C[C@@H](O)CN1C(=O)c1ncccc1O. The summed E-state index contributed by atoms with van der Waals surface area (Å²) >= 11 is 0. The van der Waals surface area contributed by atoms with E-state index in [1.807, 2.05) is 0 Å². The van der Waals surface area contributed by atoms with Crippen molar-refractivity contribution in [2.75, 3.05) is 6.54 Å². The zero-order valence-corrected chi connectivity index (χ0v) is 9.35. The zero-order chi connectivity index (χ0) is 13.3. The highest BCUT2D eigenvalue weighted by atomic mass is 16.4. The van der Waals surface area contributed by atoms with Crippen LogP contribution in [0.15, 0.2) is 18.3 Å². The first-order chi connectivity index (χ1) is 8.50. The van der Waals surface area contributed by atoms with Crippen molar-refractivity contribution >= 4 is 11.9 Å². The second kappa shape index (κ2) is 4.61. The molecule has 1 aromatic heterocycles. The van der Waals surface area contributed by atoms with Crippen LogP contribution in [0.4, 0.5) is 0 Å². The highest BCUT2D eigenvalue weighted by Gasteiger charge is 2.40. The van der Waals surface area contributed by atoms with Gasteiger partial charge >= 0.3 is 5.97 Å². The van der Waals surface area contributed by atoms with Crippen LogP contribution < -0.4 is 0 Å². The summed E-state index contributed by atoms with van der Waals surface area (Å²) in [6.07, 6.45) is 0.435. The standard InChI is InChI=1S/C11H12N2O5/c14-6-4-7(11(17)18)13(5-6)10(16)9-8(15)2-1-3-12-9/h1-3,6-7,14-15H,4-5H2,(H,17,18)/t6-,7+/m1/s1. The summed E-state index contributed by atoms with van der Waals surface area (Å²) in [7, 11) is 0. The second-order valence-corrected chi connectivity index (χ2v) is 4.07. The summed E-state index contributed by atoms with van der Waals surface area (Å²) in [5, 5.41) is 27.9. The normalized spacial score (nSPS) is 23.1. The molecular formula is C11H12N2O5. The number of carboxylic acids is 1. The molecule has 1 aliphatic heterocycles. The minimum atomic E-state index is -1.18. The van der Waals surface area contributed by atoms with Gasteiger partial charge in [-0.15, -0.1) is 0 Å². The third kappa shape index (κ3) is 2.12. The number of amides is 1. The van der Waals surface area contributed by atoms with Gasteiger partial charge in [0.15, 0.2) is 5.69 Å². The van der Waals surface area contributed by atoms with Gasteiger partial charge in [-0.1, -0.05) is 0 Å². The molecule has 0 radical (unpaired) electrons. The lowest BCUT2D eigenvalue weighted by Crippen LogP contribution is -2.40. The van der Waals surface area contributed by atoms with E-state index in [9.17, 15) is 19.8 Å². The molecule has 2 atom stereocenters. The van der Waals surface area contributed by atoms with Crippen LogP contribution in [0.2, 0.25) is 0 Å². The lowest BCUT2D eigenvalue weighted by atomic mass is 10.2. The Morgan fingerprint density at radius 2 is 2.17 bits per heavy atom. The molecule has 0 saturated carbocycles. The summed E-state index contributed by atoms with van der Waals surface area (Å²) in [4.78, 5) is 27.8. The molecule has 7 heteroatoms. The number of pyridine rings is 1. The fourth-order valence-corrected chi connectivity index (χ4v) is 1.97. The summed E-state index contributed by atoms with van der Waals surface area (Å²) in [6.45, 7) is -0.0776. The third-order valence-electron chi connectivity index (χ3n) is 2.81. The summed E-state index contributed by atoms with van der Waals surface area (Å²) in [6, 6.07) is 1.66. The molecule has 1 aromatic rings. The number of aromatic nitrogens is 1. The highest BCUT2D eigenvalue weighted by molar-refractivity contribution is 5.97.